The van der Waals surface area contributed by atoms with Crippen molar-refractivity contribution in [3.63, 3.8) is 0 Å². The predicted octanol–water partition coefficient (Wildman–Crippen LogP) is 10.7. The van der Waals surface area contributed by atoms with Crippen LogP contribution >= 0.6 is 11.8 Å². The van der Waals surface area contributed by atoms with Gasteiger partial charge in [0.05, 0.1) is 11.5 Å². The van der Waals surface area contributed by atoms with E-state index in [2.05, 4.69) is 14.8 Å². The van der Waals surface area contributed by atoms with Crippen molar-refractivity contribution in [3.05, 3.63) is 0 Å². The van der Waals surface area contributed by atoms with Gasteiger partial charge in [0.1, 0.15) is 9.84 Å². The second-order valence-electron chi connectivity index (χ2n) is 6.39. The lowest BCUT2D eigenvalue weighted by Crippen LogP contribution is -2.29. The van der Waals surface area contributed by atoms with Gasteiger partial charge in [-0.3, -0.25) is 4.21 Å². The minimum absolute atomic E-state index is 0. The number of nitrogens with one attached hydrogen (secondary N) is 1. The summed E-state index contributed by atoms with van der Waals surface area (Å²) in [5.74, 6) is 5.60. The van der Waals surface area contributed by atoms with E-state index in [0.29, 0.717) is 25.1 Å². The number of ether oxygens (including phenoxy) is 3. The van der Waals surface area contributed by atoms with Crippen LogP contribution in [0, 0.1) is 0 Å². The average Bonchev–Trinajstić information content (AvgIpc) is 2.81. The topological polar surface area (TPSA) is 90.9 Å². The minimum Gasteiger partial charge on any atom is -0.381 e. The smallest absolute Gasteiger partial charge is 0.152 e. The van der Waals surface area contributed by atoms with Crippen molar-refractivity contribution in [2.24, 2.45) is 0 Å². The fraction of sp³-hybridized carbons (Fsp3) is 1.00. The van der Waals surface area contributed by atoms with Gasteiger partial charge in [0.2, 0.25) is 0 Å². The van der Waals surface area contributed by atoms with E-state index in [9.17, 15) is 12.6 Å². The molecule has 0 radical (unpaired) electrons. The fourth-order valence-electron chi connectivity index (χ4n) is 1.19. The molecule has 0 unspecified atom stereocenters. The van der Waals surface area contributed by atoms with Gasteiger partial charge in [-0.15, -0.1) is 0 Å². The van der Waals surface area contributed by atoms with E-state index in [1.807, 2.05) is 94.8 Å². The summed E-state index contributed by atoms with van der Waals surface area (Å²) in [6, 6.07) is 0. The minimum atomic E-state index is -2.48. The van der Waals surface area contributed by atoms with Crippen LogP contribution in [0.4, 0.5) is 0 Å². The summed E-state index contributed by atoms with van der Waals surface area (Å²) >= 11 is 2.04. The summed E-state index contributed by atoms with van der Waals surface area (Å²) in [7, 11) is -2.87. The normalized spacial score (nSPS) is 16.4. The molecule has 0 saturated carbocycles. The Hall–Kier alpha value is 0.290. The van der Waals surface area contributed by atoms with Gasteiger partial charge >= 0.3 is 0 Å². The SMILES string of the molecule is C.C.C.C.C.C1CNC1.C1COC1.C1CSC1.C1OCO1.CC.CC.CC.CC.CC.CC.O=S1(=O)CCC1.O=S1CCC1. The Balaban J connectivity index is -0.0000000304. The molecule has 7 nitrogen and oxygen atoms in total. The van der Waals surface area contributed by atoms with Crippen LogP contribution in [0.5, 0.6) is 0 Å². The van der Waals surface area contributed by atoms with E-state index < -0.39 is 20.6 Å². The van der Waals surface area contributed by atoms with Crippen molar-refractivity contribution in [2.45, 2.75) is 152 Å². The molecule has 44 heavy (non-hydrogen) atoms. The summed E-state index contributed by atoms with van der Waals surface area (Å²) in [4.78, 5) is 0. The quantitative estimate of drug-likeness (QED) is 0.266. The van der Waals surface area contributed by atoms with Gasteiger partial charge in [0.15, 0.2) is 13.6 Å². The highest BCUT2D eigenvalue weighted by Gasteiger charge is 2.19. The molecule has 0 bridgehead atoms. The third kappa shape index (κ3) is 78.6. The molecule has 0 aromatic heterocycles. The van der Waals surface area contributed by atoms with Crippen LogP contribution in [0.2, 0.25) is 0 Å². The van der Waals surface area contributed by atoms with E-state index in [-0.39, 0.29) is 37.1 Å². The van der Waals surface area contributed by atoms with Crippen molar-refractivity contribution in [2.75, 3.05) is 74.4 Å². The number of sulfone groups is 1. The van der Waals surface area contributed by atoms with Gasteiger partial charge < -0.3 is 19.5 Å². The Labute approximate surface area is 290 Å². The monoisotopic (exact) mass is 706 g/mol. The third-order valence-corrected chi connectivity index (χ3v) is 8.31. The molecule has 286 valence electrons. The average molecular weight is 706 g/mol. The Morgan fingerprint density at radius 1 is 0.545 bits per heavy atom. The van der Waals surface area contributed by atoms with E-state index >= 15 is 0 Å². The Bertz CT molecular complexity index is 404. The zero-order chi connectivity index (χ0) is 31.6. The molecule has 6 fully saturated rings. The second-order valence-corrected chi connectivity index (χ2v) is 11.6. The Kier molecular flexibility index (Phi) is 135. The molecule has 1 N–H and O–H groups in total. The molecule has 0 atom stereocenters. The first-order chi connectivity index (χ1) is 19.1. The van der Waals surface area contributed by atoms with Gasteiger partial charge in [0.25, 0.3) is 0 Å². The summed E-state index contributed by atoms with van der Waals surface area (Å²) in [5, 5.41) is 3.11. The molecule has 0 aromatic carbocycles. The van der Waals surface area contributed by atoms with Crippen LogP contribution in [-0.4, -0.2) is 87.0 Å². The molecule has 0 aliphatic carbocycles. The van der Waals surface area contributed by atoms with Crippen molar-refractivity contribution >= 4 is 32.4 Å². The Morgan fingerprint density at radius 3 is 0.727 bits per heavy atom. The number of hydrogen-bond acceptors (Lipinski definition) is 8. The molecule has 6 aliphatic heterocycles. The lowest BCUT2D eigenvalue weighted by molar-refractivity contribution is -0.247. The van der Waals surface area contributed by atoms with Crippen molar-refractivity contribution < 1.29 is 26.8 Å². The highest BCUT2D eigenvalue weighted by Crippen LogP contribution is 2.14. The second kappa shape index (κ2) is 79.1. The van der Waals surface area contributed by atoms with Gasteiger partial charge in [0, 0.05) is 35.5 Å². The van der Waals surface area contributed by atoms with Gasteiger partial charge in [-0.25, -0.2) is 8.42 Å². The molecule has 0 spiro atoms. The Morgan fingerprint density at radius 2 is 0.727 bits per heavy atom. The lowest BCUT2D eigenvalue weighted by Gasteiger charge is -2.10. The van der Waals surface area contributed by atoms with Crippen LogP contribution in [0.25, 0.3) is 0 Å². The largest absolute Gasteiger partial charge is 0.381 e. The fourth-order valence-corrected chi connectivity index (χ4v) is 2.76. The van der Waals surface area contributed by atoms with E-state index in [1.54, 1.807) is 0 Å². The zero-order valence-electron chi connectivity index (χ0n) is 28.2. The lowest BCUT2D eigenvalue weighted by atomic mass is 10.3. The van der Waals surface area contributed by atoms with Crippen molar-refractivity contribution in [1.82, 2.24) is 5.32 Å². The molecular formula is C34H91NO6S3. The first-order valence-corrected chi connectivity index (χ1v) is 20.1. The van der Waals surface area contributed by atoms with Crippen LogP contribution in [0.1, 0.15) is 152 Å². The summed E-state index contributed by atoms with van der Waals surface area (Å²) in [6.07, 6.45) is 6.19. The first-order valence-electron chi connectivity index (χ1n) is 15.7. The molecular weight excluding hydrogens is 615 g/mol. The molecule has 0 amide bonds. The summed E-state index contributed by atoms with van der Waals surface area (Å²) in [5.41, 5.74) is 0. The predicted molar refractivity (Wildman–Crippen MR) is 214 cm³/mol. The first kappa shape index (κ1) is 74.9. The van der Waals surface area contributed by atoms with E-state index in [4.69, 9.17) is 4.74 Å². The van der Waals surface area contributed by atoms with Crippen LogP contribution in [0.3, 0.4) is 0 Å². The van der Waals surface area contributed by atoms with Gasteiger partial charge in [-0.05, 0) is 56.7 Å². The van der Waals surface area contributed by atoms with E-state index in [0.717, 1.165) is 31.1 Å². The van der Waals surface area contributed by atoms with Crippen LogP contribution < -0.4 is 5.32 Å². The summed E-state index contributed by atoms with van der Waals surface area (Å²) in [6.45, 7) is 29.5. The highest BCUT2D eigenvalue weighted by atomic mass is 32.2. The standard InChI is InChI=1S/C3H7N.C3H6O2S.C3H6OS.C3H6O.C3H6S.C2H4O2.6C2H6.5CH4/c1-2-4-3-1;4-6(5)2-1-3-6;4-5-2-1-3-5;2*1-2-4-3-1;1-3-2-4-1;6*1-2;;;;;/h4H,1-3H2;1-3H2;1-3H2;2*1-3H2;1-2H2;6*1-2H3;5*1H4. The number of hydrogen-bond donors (Lipinski definition) is 1. The number of rotatable bonds is 0. The van der Waals surface area contributed by atoms with Gasteiger partial charge in [-0.2, -0.15) is 11.8 Å². The molecule has 6 saturated heterocycles. The maximum absolute atomic E-state index is 10.1. The van der Waals surface area contributed by atoms with E-state index in [1.165, 1.54) is 50.3 Å². The molecule has 10 heteroatoms. The molecule has 6 heterocycles. The van der Waals surface area contributed by atoms with Gasteiger partial charge in [-0.1, -0.05) is 120 Å². The molecule has 6 aliphatic rings. The van der Waals surface area contributed by atoms with Crippen LogP contribution in [0.15, 0.2) is 0 Å². The number of thioether (sulfide) groups is 1. The highest BCUT2D eigenvalue weighted by molar-refractivity contribution is 8.00. The molecule has 6 rings (SSSR count). The zero-order valence-corrected chi connectivity index (χ0v) is 30.6. The van der Waals surface area contributed by atoms with Crippen molar-refractivity contribution in [1.29, 1.82) is 0 Å². The maximum atomic E-state index is 10.1. The van der Waals surface area contributed by atoms with Crippen molar-refractivity contribution in [3.8, 4) is 0 Å². The maximum Gasteiger partial charge on any atom is 0.152 e. The van der Waals surface area contributed by atoms with Crippen LogP contribution in [-0.2, 0) is 34.8 Å². The third-order valence-electron chi connectivity index (χ3n) is 3.85. The summed E-state index contributed by atoms with van der Waals surface area (Å²) < 4.78 is 43.9. The molecule has 0 aromatic rings.